The highest BCUT2D eigenvalue weighted by molar-refractivity contribution is 5.89. The van der Waals surface area contributed by atoms with Crippen LogP contribution in [0, 0.1) is 28.6 Å². The summed E-state index contributed by atoms with van der Waals surface area (Å²) in [7, 11) is 5.94. The number of benzene rings is 1. The Kier molecular flexibility index (Phi) is 7.72. The van der Waals surface area contributed by atoms with Crippen molar-refractivity contribution in [1.29, 1.82) is 0 Å². The topological polar surface area (TPSA) is 174 Å². The Hall–Kier alpha value is -2.20. The van der Waals surface area contributed by atoms with Gasteiger partial charge in [-0.2, -0.15) is 0 Å². The number of fused-ring (bicyclic) bond motifs is 2. The van der Waals surface area contributed by atoms with Crippen molar-refractivity contribution >= 4 is 11.9 Å². The van der Waals surface area contributed by atoms with Crippen LogP contribution >= 0.6 is 0 Å². The molecule has 5 saturated carbocycles. The molecule has 7 rings (SSSR count). The maximum Gasteiger partial charge on any atom is 0.338 e. The Morgan fingerprint density at radius 3 is 2.26 bits per heavy atom. The maximum atomic E-state index is 13.8. The number of esters is 2. The van der Waals surface area contributed by atoms with Gasteiger partial charge in [0.05, 0.1) is 42.0 Å². The van der Waals surface area contributed by atoms with E-state index in [1.54, 1.807) is 37.4 Å². The van der Waals surface area contributed by atoms with Crippen molar-refractivity contribution in [2.45, 2.75) is 86.2 Å². The molecule has 6 fully saturated rings. The molecule has 47 heavy (non-hydrogen) atoms. The summed E-state index contributed by atoms with van der Waals surface area (Å²) in [6.07, 6.45) is -7.38. The summed E-state index contributed by atoms with van der Waals surface area (Å²) in [6.45, 7) is 4.15. The zero-order valence-corrected chi connectivity index (χ0v) is 27.7. The number of rotatable bonds is 9. The molecule has 5 aliphatic carbocycles. The van der Waals surface area contributed by atoms with E-state index < -0.39 is 106 Å². The Balaban J connectivity index is 1.57. The molecule has 1 aromatic carbocycles. The van der Waals surface area contributed by atoms with E-state index in [9.17, 15) is 30.0 Å². The first-order chi connectivity index (χ1) is 22.3. The van der Waals surface area contributed by atoms with Gasteiger partial charge in [-0.25, -0.2) is 4.79 Å². The lowest BCUT2D eigenvalue weighted by Crippen LogP contribution is -2.85. The number of hydrogen-bond acceptors (Lipinski definition) is 13. The molecule has 13 heteroatoms. The van der Waals surface area contributed by atoms with Crippen LogP contribution in [0.5, 0.6) is 0 Å². The Labute approximate surface area is 274 Å². The lowest BCUT2D eigenvalue weighted by Gasteiger charge is -2.72. The molecule has 260 valence electrons. The van der Waals surface area contributed by atoms with Crippen molar-refractivity contribution in [2.24, 2.45) is 28.6 Å². The van der Waals surface area contributed by atoms with Crippen LogP contribution in [0.25, 0.3) is 0 Å². The van der Waals surface area contributed by atoms with E-state index in [0.717, 1.165) is 0 Å². The van der Waals surface area contributed by atoms with Crippen LogP contribution in [-0.2, 0) is 33.2 Å². The fourth-order valence-corrected chi connectivity index (χ4v) is 12.3. The summed E-state index contributed by atoms with van der Waals surface area (Å²) in [5.41, 5.74) is -8.15. The van der Waals surface area contributed by atoms with Gasteiger partial charge in [-0.1, -0.05) is 25.1 Å². The molecule has 1 aliphatic heterocycles. The third kappa shape index (κ3) is 3.65. The van der Waals surface area contributed by atoms with Gasteiger partial charge in [0.15, 0.2) is 5.60 Å². The average molecular weight is 662 g/mol. The minimum Gasteiger partial charge on any atom is -0.455 e. The minimum atomic E-state index is -2.12. The minimum absolute atomic E-state index is 0.119. The molecule has 1 aromatic rings. The fourth-order valence-electron chi connectivity index (χ4n) is 12.3. The van der Waals surface area contributed by atoms with Gasteiger partial charge in [0.2, 0.25) is 0 Å². The van der Waals surface area contributed by atoms with Crippen LogP contribution in [0.2, 0.25) is 0 Å². The van der Waals surface area contributed by atoms with Crippen LogP contribution in [0.15, 0.2) is 30.3 Å². The molecule has 4 N–H and O–H groups in total. The number of carbonyl (C=O) groups excluding carboxylic acids is 2. The van der Waals surface area contributed by atoms with Crippen LogP contribution in [0.1, 0.15) is 37.0 Å². The number of aliphatic hydroxyl groups excluding tert-OH is 2. The van der Waals surface area contributed by atoms with E-state index in [4.69, 9.17) is 28.4 Å². The second kappa shape index (κ2) is 10.9. The molecule has 1 spiro atoms. The molecule has 7 bridgehead atoms. The van der Waals surface area contributed by atoms with E-state index in [2.05, 4.69) is 4.90 Å². The second-order valence-electron chi connectivity index (χ2n) is 14.6. The highest BCUT2D eigenvalue weighted by atomic mass is 16.6. The van der Waals surface area contributed by atoms with E-state index in [-0.39, 0.29) is 18.6 Å². The first-order valence-electron chi connectivity index (χ1n) is 16.4. The van der Waals surface area contributed by atoms with Gasteiger partial charge < -0.3 is 48.8 Å². The predicted octanol–water partition coefficient (Wildman–Crippen LogP) is -0.237. The molecule has 1 saturated heterocycles. The summed E-state index contributed by atoms with van der Waals surface area (Å²) < 4.78 is 36.9. The Morgan fingerprint density at radius 1 is 0.979 bits per heavy atom. The lowest BCUT2D eigenvalue weighted by molar-refractivity contribution is -0.355. The smallest absolute Gasteiger partial charge is 0.338 e. The number of likely N-dealkylation sites (tertiary alicyclic amines) is 1. The standard InChI is InChI=1S/C34H47NO12/c1-7-35-15-30(16-42-3)19(37)13-20(43-4)33-23(30)22(44-5)21(25(33)35)34(47-17(2)36)24-27(46-29(39)18-11-9-8-10-12-18)31(40,14-32(24,33)41)28(45-6)26(34)38/h8-12,19-28,37-38,40-41H,7,13-16H2,1-6H3/t19-,20+,21+,22+,23-,24-,25-,26+,27-,28+,30-,31-,32+,33-,34-/m1/s1. The van der Waals surface area contributed by atoms with Gasteiger partial charge in [0.1, 0.15) is 23.9 Å². The Bertz CT molecular complexity index is 1410. The third-order valence-corrected chi connectivity index (χ3v) is 13.2. The van der Waals surface area contributed by atoms with E-state index in [0.29, 0.717) is 13.1 Å². The van der Waals surface area contributed by atoms with Crippen LogP contribution in [0.4, 0.5) is 0 Å². The van der Waals surface area contributed by atoms with Crippen molar-refractivity contribution in [3.05, 3.63) is 35.9 Å². The highest BCUT2D eigenvalue weighted by Crippen LogP contribution is 2.81. The van der Waals surface area contributed by atoms with Crippen molar-refractivity contribution in [3.8, 4) is 0 Å². The van der Waals surface area contributed by atoms with Gasteiger partial charge in [0.25, 0.3) is 0 Å². The van der Waals surface area contributed by atoms with Crippen LogP contribution in [0.3, 0.4) is 0 Å². The normalized spacial score (nSPS) is 50.7. The Morgan fingerprint density at radius 2 is 1.68 bits per heavy atom. The molecule has 15 atom stereocenters. The third-order valence-electron chi connectivity index (χ3n) is 13.2. The van der Waals surface area contributed by atoms with Crippen molar-refractivity contribution in [1.82, 2.24) is 4.90 Å². The second-order valence-corrected chi connectivity index (χ2v) is 14.6. The van der Waals surface area contributed by atoms with Gasteiger partial charge >= 0.3 is 11.9 Å². The number of carbonyl (C=O) groups is 2. The van der Waals surface area contributed by atoms with Crippen LogP contribution < -0.4 is 0 Å². The lowest BCUT2D eigenvalue weighted by atomic mass is 9.40. The molecule has 0 unspecified atom stereocenters. The van der Waals surface area contributed by atoms with Gasteiger partial charge in [-0.05, 0) is 18.7 Å². The zero-order valence-electron chi connectivity index (χ0n) is 27.7. The van der Waals surface area contributed by atoms with Crippen LogP contribution in [-0.4, -0.2) is 145 Å². The molecule has 0 radical (unpaired) electrons. The molecule has 0 amide bonds. The largest absolute Gasteiger partial charge is 0.455 e. The highest BCUT2D eigenvalue weighted by Gasteiger charge is 2.96. The molecule has 0 aromatic heterocycles. The van der Waals surface area contributed by atoms with E-state index >= 15 is 0 Å². The fraction of sp³-hybridized carbons (Fsp3) is 0.765. The summed E-state index contributed by atoms with van der Waals surface area (Å²) in [5.74, 6) is -4.34. The number of nitrogens with zero attached hydrogens (tertiary/aromatic N) is 1. The number of aliphatic hydroxyl groups is 4. The van der Waals surface area contributed by atoms with Gasteiger partial charge in [-0.15, -0.1) is 0 Å². The summed E-state index contributed by atoms with van der Waals surface area (Å²) in [4.78, 5) is 29.2. The van der Waals surface area contributed by atoms with Gasteiger partial charge in [0, 0.05) is 83.5 Å². The first-order valence-corrected chi connectivity index (χ1v) is 16.4. The van der Waals surface area contributed by atoms with Gasteiger partial charge in [-0.3, -0.25) is 9.69 Å². The van der Waals surface area contributed by atoms with E-state index in [1.165, 1.54) is 28.3 Å². The summed E-state index contributed by atoms with van der Waals surface area (Å²) in [5, 5.41) is 51.1. The molecule has 13 nitrogen and oxygen atoms in total. The number of methoxy groups -OCH3 is 4. The molecule has 1 heterocycles. The number of hydrogen-bond donors (Lipinski definition) is 4. The van der Waals surface area contributed by atoms with Crippen molar-refractivity contribution in [2.75, 3.05) is 48.1 Å². The molecular formula is C34H47NO12. The zero-order chi connectivity index (χ0) is 33.9. The SMILES string of the molecule is CCN1C[C@@]2(COC)[C@H](O)C[C@H](OC)[C@@]34[C@@H]2[C@@H](OC)[C@@H]([C@@H]13)[C@]1(OC(C)=O)[C@@H](O)[C@H](OC)[C@@]2(O)C[C@]4(O)[C@H]1[C@H]2OC(=O)c1ccccc1. The van der Waals surface area contributed by atoms with Crippen molar-refractivity contribution < 1.29 is 58.4 Å². The molecule has 6 aliphatic rings. The first kappa shape index (κ1) is 33.3. The van der Waals surface area contributed by atoms with E-state index in [1.807, 2.05) is 6.92 Å². The maximum absolute atomic E-state index is 13.8. The van der Waals surface area contributed by atoms with Crippen molar-refractivity contribution in [3.63, 3.8) is 0 Å². The quantitative estimate of drug-likeness (QED) is 0.256. The summed E-state index contributed by atoms with van der Waals surface area (Å²) >= 11 is 0. The predicted molar refractivity (Wildman–Crippen MR) is 162 cm³/mol. The average Bonchev–Trinajstić information content (AvgIpc) is 3.39. The number of ether oxygens (including phenoxy) is 6. The monoisotopic (exact) mass is 661 g/mol. The number of piperidine rings is 1. The summed E-state index contributed by atoms with van der Waals surface area (Å²) in [6, 6.07) is 7.64. The molecular weight excluding hydrogens is 614 g/mol.